The van der Waals surface area contributed by atoms with E-state index in [-0.39, 0.29) is 11.7 Å². The van der Waals surface area contributed by atoms with Crippen LogP contribution >= 0.6 is 0 Å². The Labute approximate surface area is 77.5 Å². The first-order chi connectivity index (χ1) is 6.28. The number of rotatable bonds is 1. The third-order valence-corrected chi connectivity index (χ3v) is 2.93. The van der Waals surface area contributed by atoms with Gasteiger partial charge in [-0.2, -0.15) is 0 Å². The van der Waals surface area contributed by atoms with Crippen molar-refractivity contribution < 1.29 is 9.47 Å². The third-order valence-electron chi connectivity index (χ3n) is 2.93. The highest BCUT2D eigenvalue weighted by atomic mass is 16.6. The predicted molar refractivity (Wildman–Crippen MR) is 48.9 cm³/mol. The van der Waals surface area contributed by atoms with Crippen LogP contribution in [0.4, 0.5) is 0 Å². The molecule has 68 valence electrons. The van der Waals surface area contributed by atoms with Gasteiger partial charge in [0.25, 0.3) is 0 Å². The van der Waals surface area contributed by atoms with Gasteiger partial charge in [0, 0.05) is 6.42 Å². The van der Waals surface area contributed by atoms with Gasteiger partial charge in [0.15, 0.2) is 0 Å². The molecule has 0 saturated carbocycles. The van der Waals surface area contributed by atoms with Crippen molar-refractivity contribution in [3.8, 4) is 5.75 Å². The Morgan fingerprint density at radius 2 is 2.15 bits per heavy atom. The van der Waals surface area contributed by atoms with Crippen LogP contribution in [0.5, 0.6) is 5.75 Å². The Kier molecular flexibility index (Phi) is 1.29. The van der Waals surface area contributed by atoms with Crippen LogP contribution in [-0.2, 0) is 11.2 Å². The van der Waals surface area contributed by atoms with Crippen molar-refractivity contribution in [3.05, 3.63) is 29.8 Å². The first-order valence-electron chi connectivity index (χ1n) is 4.66. The summed E-state index contributed by atoms with van der Waals surface area (Å²) in [5, 5.41) is 0. The molecular formula is C11H12O2. The lowest BCUT2D eigenvalue weighted by molar-refractivity contribution is 0.127. The monoisotopic (exact) mass is 176 g/mol. The number of ether oxygens (including phenoxy) is 2. The largest absolute Gasteiger partial charge is 0.487 e. The second-order valence-corrected chi connectivity index (χ2v) is 4.02. The first-order valence-corrected chi connectivity index (χ1v) is 4.66. The highest BCUT2D eigenvalue weighted by Gasteiger charge is 2.50. The summed E-state index contributed by atoms with van der Waals surface area (Å²) in [6.07, 6.45) is 1.22. The average Bonchev–Trinajstić information content (AvgIpc) is 2.76. The van der Waals surface area contributed by atoms with Crippen molar-refractivity contribution in [2.45, 2.75) is 25.0 Å². The normalized spacial score (nSPS) is 35.3. The van der Waals surface area contributed by atoms with Gasteiger partial charge >= 0.3 is 0 Å². The number of epoxide rings is 1. The second kappa shape index (κ2) is 2.26. The molecule has 2 heterocycles. The minimum Gasteiger partial charge on any atom is -0.487 e. The molecule has 0 aliphatic carbocycles. The van der Waals surface area contributed by atoms with E-state index in [2.05, 4.69) is 19.1 Å². The van der Waals surface area contributed by atoms with Crippen LogP contribution < -0.4 is 4.74 Å². The van der Waals surface area contributed by atoms with E-state index in [1.54, 1.807) is 0 Å². The van der Waals surface area contributed by atoms with Crippen molar-refractivity contribution in [1.82, 2.24) is 0 Å². The van der Waals surface area contributed by atoms with Crippen molar-refractivity contribution in [2.75, 3.05) is 6.61 Å². The van der Waals surface area contributed by atoms with Crippen molar-refractivity contribution in [2.24, 2.45) is 0 Å². The summed E-state index contributed by atoms with van der Waals surface area (Å²) in [6, 6.07) is 8.22. The molecule has 3 rings (SSSR count). The van der Waals surface area contributed by atoms with E-state index in [4.69, 9.17) is 9.47 Å². The zero-order valence-electron chi connectivity index (χ0n) is 7.62. The lowest BCUT2D eigenvalue weighted by Crippen LogP contribution is -2.30. The number of hydrogen-bond donors (Lipinski definition) is 0. The van der Waals surface area contributed by atoms with E-state index >= 15 is 0 Å². The van der Waals surface area contributed by atoms with E-state index in [1.165, 1.54) is 5.56 Å². The molecule has 2 aliphatic rings. The van der Waals surface area contributed by atoms with Gasteiger partial charge in [0.05, 0.1) is 6.61 Å². The summed E-state index contributed by atoms with van der Waals surface area (Å²) >= 11 is 0. The molecule has 1 aromatic rings. The standard InChI is InChI=1S/C11H12O2/c1-11(7-12-11)10-6-8-4-2-3-5-9(8)13-10/h2-5,10H,6-7H2,1H3. The van der Waals surface area contributed by atoms with Crippen molar-refractivity contribution in [3.63, 3.8) is 0 Å². The summed E-state index contributed by atoms with van der Waals surface area (Å²) in [5.41, 5.74) is 1.29. The van der Waals surface area contributed by atoms with Crippen LogP contribution in [0.3, 0.4) is 0 Å². The lowest BCUT2D eigenvalue weighted by Gasteiger charge is -2.13. The molecule has 0 N–H and O–H groups in total. The Morgan fingerprint density at radius 1 is 1.38 bits per heavy atom. The third kappa shape index (κ3) is 1.05. The SMILES string of the molecule is CC1(C2Cc3ccccc3O2)CO1. The molecule has 0 amide bonds. The molecule has 2 atom stereocenters. The van der Waals surface area contributed by atoms with Crippen molar-refractivity contribution >= 4 is 0 Å². The Balaban J connectivity index is 1.89. The van der Waals surface area contributed by atoms with Crippen LogP contribution in [0.1, 0.15) is 12.5 Å². The molecule has 1 saturated heterocycles. The summed E-state index contributed by atoms with van der Waals surface area (Å²) < 4.78 is 11.2. The van der Waals surface area contributed by atoms with Gasteiger partial charge < -0.3 is 9.47 Å². The maximum atomic E-state index is 5.81. The maximum Gasteiger partial charge on any atom is 0.134 e. The van der Waals surface area contributed by atoms with Crippen LogP contribution in [0.15, 0.2) is 24.3 Å². The highest BCUT2D eigenvalue weighted by molar-refractivity contribution is 5.38. The molecule has 2 nitrogen and oxygen atoms in total. The van der Waals surface area contributed by atoms with E-state index in [0.29, 0.717) is 0 Å². The molecule has 2 heteroatoms. The van der Waals surface area contributed by atoms with Crippen LogP contribution in [0, 0.1) is 0 Å². The van der Waals surface area contributed by atoms with E-state index in [0.717, 1.165) is 18.8 Å². The zero-order valence-corrected chi connectivity index (χ0v) is 7.62. The van der Waals surface area contributed by atoms with Gasteiger partial charge in [-0.15, -0.1) is 0 Å². The van der Waals surface area contributed by atoms with E-state index in [1.807, 2.05) is 12.1 Å². The molecule has 1 aromatic carbocycles. The molecule has 13 heavy (non-hydrogen) atoms. The van der Waals surface area contributed by atoms with Crippen LogP contribution in [0.2, 0.25) is 0 Å². The summed E-state index contributed by atoms with van der Waals surface area (Å²) in [7, 11) is 0. The molecule has 0 radical (unpaired) electrons. The van der Waals surface area contributed by atoms with Crippen LogP contribution in [-0.4, -0.2) is 18.3 Å². The molecular weight excluding hydrogens is 164 g/mol. The van der Waals surface area contributed by atoms with Crippen LogP contribution in [0.25, 0.3) is 0 Å². The molecule has 0 aromatic heterocycles. The zero-order chi connectivity index (χ0) is 8.89. The first kappa shape index (κ1) is 7.39. The topological polar surface area (TPSA) is 21.8 Å². The fourth-order valence-corrected chi connectivity index (χ4v) is 1.82. The molecule has 2 unspecified atom stereocenters. The second-order valence-electron chi connectivity index (χ2n) is 4.02. The lowest BCUT2D eigenvalue weighted by atomic mass is 10.0. The Hall–Kier alpha value is -1.02. The molecule has 0 spiro atoms. The number of benzene rings is 1. The van der Waals surface area contributed by atoms with Gasteiger partial charge in [-0.1, -0.05) is 18.2 Å². The van der Waals surface area contributed by atoms with Gasteiger partial charge in [-0.05, 0) is 18.6 Å². The molecule has 2 aliphatic heterocycles. The Morgan fingerprint density at radius 3 is 2.85 bits per heavy atom. The van der Waals surface area contributed by atoms with Crippen molar-refractivity contribution in [1.29, 1.82) is 0 Å². The molecule has 0 bridgehead atoms. The predicted octanol–water partition coefficient (Wildman–Crippen LogP) is 1.78. The van der Waals surface area contributed by atoms with E-state index < -0.39 is 0 Å². The fraction of sp³-hybridized carbons (Fsp3) is 0.455. The van der Waals surface area contributed by atoms with Gasteiger partial charge in [0.2, 0.25) is 0 Å². The minimum absolute atomic E-state index is 0.0149. The number of fused-ring (bicyclic) bond motifs is 1. The minimum atomic E-state index is -0.0149. The Bertz CT molecular complexity index is 317. The van der Waals surface area contributed by atoms with Gasteiger partial charge in [-0.25, -0.2) is 0 Å². The number of para-hydroxylation sites is 1. The van der Waals surface area contributed by atoms with E-state index in [9.17, 15) is 0 Å². The smallest absolute Gasteiger partial charge is 0.134 e. The quantitative estimate of drug-likeness (QED) is 0.608. The fourth-order valence-electron chi connectivity index (χ4n) is 1.82. The molecule has 1 fully saturated rings. The summed E-state index contributed by atoms with van der Waals surface area (Å²) in [5.74, 6) is 1.03. The highest BCUT2D eigenvalue weighted by Crippen LogP contribution is 2.40. The average molecular weight is 176 g/mol. The number of hydrogen-bond acceptors (Lipinski definition) is 2. The summed E-state index contributed by atoms with van der Waals surface area (Å²) in [6.45, 7) is 2.95. The maximum absolute atomic E-state index is 5.81. The summed E-state index contributed by atoms with van der Waals surface area (Å²) in [4.78, 5) is 0. The van der Waals surface area contributed by atoms with Gasteiger partial charge in [0.1, 0.15) is 17.5 Å². The van der Waals surface area contributed by atoms with Gasteiger partial charge in [-0.3, -0.25) is 0 Å².